The highest BCUT2D eigenvalue weighted by atomic mass is 32.2. The number of carbonyl (C=O) groups excluding carboxylic acids is 2. The van der Waals surface area contributed by atoms with Crippen LogP contribution < -0.4 is 10.0 Å². The van der Waals surface area contributed by atoms with Crippen molar-refractivity contribution in [3.05, 3.63) is 29.8 Å². The van der Waals surface area contributed by atoms with Gasteiger partial charge in [-0.15, -0.1) is 0 Å². The van der Waals surface area contributed by atoms with Crippen molar-refractivity contribution < 1.29 is 18.0 Å². The van der Waals surface area contributed by atoms with Gasteiger partial charge in [0.2, 0.25) is 15.9 Å². The van der Waals surface area contributed by atoms with Crippen molar-refractivity contribution in [1.29, 1.82) is 0 Å². The van der Waals surface area contributed by atoms with Gasteiger partial charge in [0.1, 0.15) is 0 Å². The van der Waals surface area contributed by atoms with Gasteiger partial charge in [0.05, 0.1) is 4.90 Å². The summed E-state index contributed by atoms with van der Waals surface area (Å²) in [6.07, 6.45) is 4.03. The summed E-state index contributed by atoms with van der Waals surface area (Å²) in [6, 6.07) is 5.96. The van der Waals surface area contributed by atoms with E-state index in [9.17, 15) is 18.0 Å². The van der Waals surface area contributed by atoms with Gasteiger partial charge in [-0.1, -0.05) is 6.07 Å². The van der Waals surface area contributed by atoms with E-state index in [0.29, 0.717) is 0 Å². The van der Waals surface area contributed by atoms with Crippen LogP contribution in [0.2, 0.25) is 0 Å². The van der Waals surface area contributed by atoms with E-state index in [0.717, 1.165) is 38.8 Å². The second-order valence-corrected chi connectivity index (χ2v) is 8.23. The van der Waals surface area contributed by atoms with E-state index >= 15 is 0 Å². The molecule has 3 rings (SSSR count). The Morgan fingerprint density at radius 1 is 1.16 bits per heavy atom. The molecule has 1 aliphatic carbocycles. The van der Waals surface area contributed by atoms with E-state index < -0.39 is 10.0 Å². The lowest BCUT2D eigenvalue weighted by Gasteiger charge is -2.15. The van der Waals surface area contributed by atoms with E-state index in [1.165, 1.54) is 12.1 Å². The van der Waals surface area contributed by atoms with E-state index in [4.69, 9.17) is 0 Å². The lowest BCUT2D eigenvalue weighted by molar-refractivity contribution is -0.129. The Balaban J connectivity index is 1.54. The summed E-state index contributed by atoms with van der Waals surface area (Å²) >= 11 is 0. The second kappa shape index (κ2) is 7.53. The summed E-state index contributed by atoms with van der Waals surface area (Å²) in [4.78, 5) is 26.0. The van der Waals surface area contributed by atoms with Gasteiger partial charge in [0.25, 0.3) is 5.91 Å². The Labute approximate surface area is 147 Å². The Kier molecular flexibility index (Phi) is 5.39. The first-order valence-corrected chi connectivity index (χ1v) is 10.1. The molecule has 1 aromatic rings. The van der Waals surface area contributed by atoms with Crippen LogP contribution in [0, 0.1) is 0 Å². The molecular formula is C17H23N3O4S. The van der Waals surface area contributed by atoms with Gasteiger partial charge in [0, 0.05) is 37.7 Å². The average Bonchev–Trinajstić information content (AvgIpc) is 3.22. The maximum absolute atomic E-state index is 12.2. The minimum absolute atomic E-state index is 0.0130. The molecule has 1 saturated carbocycles. The second-order valence-electron chi connectivity index (χ2n) is 6.52. The predicted molar refractivity (Wildman–Crippen MR) is 92.5 cm³/mol. The van der Waals surface area contributed by atoms with E-state index in [1.54, 1.807) is 12.1 Å². The summed E-state index contributed by atoms with van der Waals surface area (Å²) in [5.74, 6) is -0.333. The van der Waals surface area contributed by atoms with Crippen molar-refractivity contribution in [3.8, 4) is 0 Å². The minimum Gasteiger partial charge on any atom is -0.352 e. The van der Waals surface area contributed by atoms with Crippen LogP contribution in [-0.2, 0) is 14.8 Å². The molecule has 8 heteroatoms. The molecule has 2 N–H and O–H groups in total. The number of amides is 2. The summed E-state index contributed by atoms with van der Waals surface area (Å²) in [5.41, 5.74) is 0.271. The Bertz CT molecular complexity index is 753. The smallest absolute Gasteiger partial charge is 0.251 e. The van der Waals surface area contributed by atoms with E-state index in [-0.39, 0.29) is 41.3 Å². The van der Waals surface area contributed by atoms with Gasteiger partial charge < -0.3 is 10.2 Å². The highest BCUT2D eigenvalue weighted by Crippen LogP contribution is 2.22. The molecule has 7 nitrogen and oxygen atoms in total. The van der Waals surface area contributed by atoms with Crippen molar-refractivity contribution >= 4 is 21.8 Å². The molecule has 2 amide bonds. The van der Waals surface area contributed by atoms with Gasteiger partial charge >= 0.3 is 0 Å². The molecule has 1 aromatic carbocycles. The number of nitrogens with one attached hydrogen (secondary N) is 2. The zero-order valence-corrected chi connectivity index (χ0v) is 14.8. The van der Waals surface area contributed by atoms with Crippen molar-refractivity contribution in [1.82, 2.24) is 14.9 Å². The van der Waals surface area contributed by atoms with Crippen LogP contribution in [0.15, 0.2) is 29.2 Å². The summed E-state index contributed by atoms with van der Waals surface area (Å²) in [7, 11) is -3.59. The molecule has 0 radical (unpaired) electrons. The van der Waals surface area contributed by atoms with E-state index in [2.05, 4.69) is 10.0 Å². The number of carbonyl (C=O) groups is 2. The highest BCUT2D eigenvalue weighted by Gasteiger charge is 2.28. The molecule has 2 fully saturated rings. The van der Waals surface area contributed by atoms with Gasteiger partial charge in [0.15, 0.2) is 0 Å². The van der Waals surface area contributed by atoms with Crippen LogP contribution in [0.25, 0.3) is 0 Å². The fraction of sp³-hybridized carbons (Fsp3) is 0.529. The minimum atomic E-state index is -3.59. The highest BCUT2D eigenvalue weighted by molar-refractivity contribution is 7.89. The molecule has 0 unspecified atom stereocenters. The van der Waals surface area contributed by atoms with Crippen LogP contribution in [0.1, 0.15) is 42.5 Å². The van der Waals surface area contributed by atoms with Gasteiger partial charge in [-0.3, -0.25) is 9.59 Å². The standard InChI is InChI=1S/C17H23N3O4S/c21-16(20-10-1-2-11-20)8-9-18-17(22)13-4-3-5-15(12-13)25(23,24)19-14-6-7-14/h3-5,12,14,19H,1-2,6-11H2,(H,18,22). The van der Waals surface area contributed by atoms with Crippen molar-refractivity contribution in [2.45, 2.75) is 43.0 Å². The number of hydrogen-bond acceptors (Lipinski definition) is 4. The normalized spacial score (nSPS) is 17.5. The molecule has 2 aliphatic rings. The van der Waals surface area contributed by atoms with E-state index in [1.807, 2.05) is 4.90 Å². The topological polar surface area (TPSA) is 95.6 Å². The zero-order chi connectivity index (χ0) is 17.9. The zero-order valence-electron chi connectivity index (χ0n) is 14.0. The number of benzene rings is 1. The lowest BCUT2D eigenvalue weighted by Crippen LogP contribution is -2.32. The first-order chi connectivity index (χ1) is 12.0. The molecule has 0 atom stereocenters. The Morgan fingerprint density at radius 3 is 2.56 bits per heavy atom. The lowest BCUT2D eigenvalue weighted by atomic mass is 10.2. The summed E-state index contributed by atoms with van der Waals surface area (Å²) in [5, 5.41) is 2.68. The molecule has 0 aromatic heterocycles. The average molecular weight is 365 g/mol. The SMILES string of the molecule is O=C(NCCC(=O)N1CCCC1)c1cccc(S(=O)(=O)NC2CC2)c1. The Morgan fingerprint density at radius 2 is 1.88 bits per heavy atom. The molecule has 1 saturated heterocycles. The van der Waals surface area contributed by atoms with Crippen molar-refractivity contribution in [2.24, 2.45) is 0 Å². The number of rotatable bonds is 7. The maximum atomic E-state index is 12.2. The van der Waals surface area contributed by atoms with Crippen molar-refractivity contribution in [2.75, 3.05) is 19.6 Å². The van der Waals surface area contributed by atoms with Gasteiger partial charge in [-0.25, -0.2) is 13.1 Å². The van der Waals surface area contributed by atoms with Crippen LogP contribution >= 0.6 is 0 Å². The van der Waals surface area contributed by atoms with Crippen LogP contribution in [-0.4, -0.2) is 50.8 Å². The molecule has 0 bridgehead atoms. The molecule has 25 heavy (non-hydrogen) atoms. The first kappa shape index (κ1) is 17.9. The molecule has 1 aliphatic heterocycles. The van der Waals surface area contributed by atoms with Crippen molar-refractivity contribution in [3.63, 3.8) is 0 Å². The maximum Gasteiger partial charge on any atom is 0.251 e. The predicted octanol–water partition coefficient (Wildman–Crippen LogP) is 0.870. The van der Waals surface area contributed by atoms with Gasteiger partial charge in [-0.2, -0.15) is 0 Å². The summed E-state index contributed by atoms with van der Waals surface area (Å²) < 4.78 is 27.0. The fourth-order valence-electron chi connectivity index (χ4n) is 2.80. The molecular weight excluding hydrogens is 342 g/mol. The van der Waals surface area contributed by atoms with Crippen LogP contribution in [0.5, 0.6) is 0 Å². The fourth-order valence-corrected chi connectivity index (χ4v) is 4.15. The molecule has 1 heterocycles. The number of hydrogen-bond donors (Lipinski definition) is 2. The first-order valence-electron chi connectivity index (χ1n) is 8.64. The number of likely N-dealkylation sites (tertiary alicyclic amines) is 1. The number of nitrogens with zero attached hydrogens (tertiary/aromatic N) is 1. The largest absolute Gasteiger partial charge is 0.352 e. The Hall–Kier alpha value is -1.93. The quantitative estimate of drug-likeness (QED) is 0.749. The third-order valence-electron chi connectivity index (χ3n) is 4.39. The monoisotopic (exact) mass is 365 g/mol. The molecule has 136 valence electrons. The molecule has 0 spiro atoms. The van der Waals surface area contributed by atoms with Crippen LogP contribution in [0.3, 0.4) is 0 Å². The van der Waals surface area contributed by atoms with Gasteiger partial charge in [-0.05, 0) is 43.9 Å². The summed E-state index contributed by atoms with van der Waals surface area (Å²) in [6.45, 7) is 1.83. The number of sulfonamides is 1. The van der Waals surface area contributed by atoms with Crippen LogP contribution in [0.4, 0.5) is 0 Å². The third kappa shape index (κ3) is 4.79. The third-order valence-corrected chi connectivity index (χ3v) is 5.91.